The molecule has 0 aliphatic heterocycles. The van der Waals surface area contributed by atoms with Gasteiger partial charge in [-0.15, -0.1) is 0 Å². The van der Waals surface area contributed by atoms with Crippen LogP contribution < -0.4 is 10.5 Å². The Morgan fingerprint density at radius 1 is 1.50 bits per heavy atom. The molecule has 100 valence electrons. The summed E-state index contributed by atoms with van der Waals surface area (Å²) in [6.45, 7) is 0.185. The zero-order chi connectivity index (χ0) is 13.8. The average molecular weight is 295 g/mol. The lowest BCUT2D eigenvalue weighted by Crippen LogP contribution is -2.19. The van der Waals surface area contributed by atoms with Crippen LogP contribution in [0.15, 0.2) is 12.1 Å². The second-order valence-electron chi connectivity index (χ2n) is 3.41. The molecule has 1 heterocycles. The molecule has 10 heteroatoms. The standard InChI is InChI=1S/C8H11ClN4O4S/c9-7-3-2-6(13(14)15)8(12-7)11-4-1-5-18(10,16)17/h2-3H,1,4-5H2,(H,11,12)(H2,10,16,17). The average Bonchev–Trinajstić information content (AvgIpc) is 2.22. The van der Waals surface area contributed by atoms with Crippen LogP contribution in [0.4, 0.5) is 11.5 Å². The van der Waals surface area contributed by atoms with E-state index in [1.165, 1.54) is 12.1 Å². The molecule has 0 aliphatic carbocycles. The van der Waals surface area contributed by atoms with Crippen molar-refractivity contribution in [2.75, 3.05) is 17.6 Å². The van der Waals surface area contributed by atoms with Gasteiger partial charge in [-0.05, 0) is 12.5 Å². The number of nitrogens with two attached hydrogens (primary N) is 1. The summed E-state index contributed by atoms with van der Waals surface area (Å²) in [5.74, 6) is -0.212. The number of nitrogens with one attached hydrogen (secondary N) is 1. The predicted molar refractivity (Wildman–Crippen MR) is 67.0 cm³/mol. The van der Waals surface area contributed by atoms with Gasteiger partial charge in [-0.25, -0.2) is 18.5 Å². The highest BCUT2D eigenvalue weighted by Crippen LogP contribution is 2.23. The van der Waals surface area contributed by atoms with Crippen LogP contribution in [0.5, 0.6) is 0 Å². The zero-order valence-corrected chi connectivity index (χ0v) is 10.7. The van der Waals surface area contributed by atoms with Crippen LogP contribution in [0.25, 0.3) is 0 Å². The highest BCUT2D eigenvalue weighted by molar-refractivity contribution is 7.89. The second kappa shape index (κ2) is 5.94. The fourth-order valence-electron chi connectivity index (χ4n) is 1.19. The Morgan fingerprint density at radius 3 is 2.72 bits per heavy atom. The van der Waals surface area contributed by atoms with Gasteiger partial charge in [-0.1, -0.05) is 11.6 Å². The molecule has 0 saturated heterocycles. The van der Waals surface area contributed by atoms with Crippen molar-refractivity contribution in [1.29, 1.82) is 0 Å². The monoisotopic (exact) mass is 294 g/mol. The number of nitro groups is 1. The Morgan fingerprint density at radius 2 is 2.17 bits per heavy atom. The van der Waals surface area contributed by atoms with E-state index < -0.39 is 14.9 Å². The Kier molecular flexibility index (Phi) is 4.82. The summed E-state index contributed by atoms with van der Waals surface area (Å²) in [6, 6.07) is 2.52. The maximum atomic E-state index is 10.7. The normalized spacial score (nSPS) is 11.2. The Hall–Kier alpha value is -1.45. The van der Waals surface area contributed by atoms with Crippen LogP contribution in [0.2, 0.25) is 5.15 Å². The van der Waals surface area contributed by atoms with Gasteiger partial charge < -0.3 is 5.32 Å². The maximum absolute atomic E-state index is 10.7. The fraction of sp³-hybridized carbons (Fsp3) is 0.375. The van der Waals surface area contributed by atoms with Crippen molar-refractivity contribution >= 4 is 33.1 Å². The van der Waals surface area contributed by atoms with Crippen LogP contribution in [0, 0.1) is 10.1 Å². The van der Waals surface area contributed by atoms with Gasteiger partial charge in [-0.2, -0.15) is 0 Å². The van der Waals surface area contributed by atoms with Gasteiger partial charge in [0.25, 0.3) is 0 Å². The third kappa shape index (κ3) is 4.82. The molecule has 1 aromatic heterocycles. The molecule has 0 aromatic carbocycles. The van der Waals surface area contributed by atoms with E-state index in [9.17, 15) is 18.5 Å². The van der Waals surface area contributed by atoms with Crippen molar-refractivity contribution < 1.29 is 13.3 Å². The third-order valence-electron chi connectivity index (χ3n) is 1.93. The van der Waals surface area contributed by atoms with Crippen LogP contribution >= 0.6 is 11.6 Å². The highest BCUT2D eigenvalue weighted by Gasteiger charge is 2.15. The fourth-order valence-corrected chi connectivity index (χ4v) is 1.88. The van der Waals surface area contributed by atoms with Gasteiger partial charge >= 0.3 is 5.69 Å². The van der Waals surface area contributed by atoms with Crippen LogP contribution in [0.1, 0.15) is 6.42 Å². The predicted octanol–water partition coefficient (Wildman–Crippen LogP) is 0.734. The first-order chi connectivity index (χ1) is 8.29. The van der Waals surface area contributed by atoms with Gasteiger partial charge in [0, 0.05) is 12.6 Å². The van der Waals surface area contributed by atoms with Gasteiger partial charge in [0.05, 0.1) is 10.7 Å². The molecule has 1 rings (SSSR count). The molecule has 1 aromatic rings. The molecule has 0 aliphatic rings. The van der Waals surface area contributed by atoms with E-state index in [4.69, 9.17) is 16.7 Å². The van der Waals surface area contributed by atoms with E-state index in [1.54, 1.807) is 0 Å². The number of halogens is 1. The summed E-state index contributed by atoms with van der Waals surface area (Å²) in [5.41, 5.74) is -0.227. The quantitative estimate of drug-likeness (QED) is 0.344. The lowest BCUT2D eigenvalue weighted by atomic mass is 10.4. The number of hydrogen-bond acceptors (Lipinski definition) is 6. The molecule has 0 fully saturated rings. The molecule has 18 heavy (non-hydrogen) atoms. The zero-order valence-electron chi connectivity index (χ0n) is 9.17. The minimum atomic E-state index is -3.53. The summed E-state index contributed by atoms with van der Waals surface area (Å²) in [6.07, 6.45) is 0.212. The largest absolute Gasteiger partial charge is 0.364 e. The lowest BCUT2D eigenvalue weighted by molar-refractivity contribution is -0.384. The summed E-state index contributed by atoms with van der Waals surface area (Å²) in [5, 5.41) is 18.3. The maximum Gasteiger partial charge on any atom is 0.311 e. The van der Waals surface area contributed by atoms with E-state index >= 15 is 0 Å². The first-order valence-electron chi connectivity index (χ1n) is 4.85. The van der Waals surface area contributed by atoms with Crippen LogP contribution in [0.3, 0.4) is 0 Å². The van der Waals surface area contributed by atoms with Crippen molar-refractivity contribution in [2.24, 2.45) is 5.14 Å². The van der Waals surface area contributed by atoms with E-state index in [0.29, 0.717) is 0 Å². The molecule has 0 radical (unpaired) electrons. The topological polar surface area (TPSA) is 128 Å². The van der Waals surface area contributed by atoms with Crippen molar-refractivity contribution in [3.8, 4) is 0 Å². The summed E-state index contributed by atoms with van der Waals surface area (Å²) in [4.78, 5) is 13.8. The highest BCUT2D eigenvalue weighted by atomic mass is 35.5. The Labute approximate surface area is 108 Å². The molecule has 0 amide bonds. The van der Waals surface area contributed by atoms with E-state index in [2.05, 4.69) is 10.3 Å². The van der Waals surface area contributed by atoms with E-state index in [0.717, 1.165) is 0 Å². The number of hydrogen-bond donors (Lipinski definition) is 2. The second-order valence-corrected chi connectivity index (χ2v) is 5.53. The van der Waals surface area contributed by atoms with Crippen LogP contribution in [-0.2, 0) is 10.0 Å². The number of pyridine rings is 1. The minimum absolute atomic E-state index is 0.00178. The van der Waals surface area contributed by atoms with Crippen molar-refractivity contribution in [3.63, 3.8) is 0 Å². The van der Waals surface area contributed by atoms with E-state index in [1.807, 2.05) is 0 Å². The number of anilines is 1. The Balaban J connectivity index is 2.66. The molecule has 0 bridgehead atoms. The first-order valence-corrected chi connectivity index (χ1v) is 6.94. The number of nitrogens with zero attached hydrogens (tertiary/aromatic N) is 2. The molecule has 0 spiro atoms. The SMILES string of the molecule is NS(=O)(=O)CCCNc1nc(Cl)ccc1[N+](=O)[O-]. The van der Waals surface area contributed by atoms with Crippen molar-refractivity contribution in [3.05, 3.63) is 27.4 Å². The van der Waals surface area contributed by atoms with Gasteiger partial charge in [-0.3, -0.25) is 10.1 Å². The molecular formula is C8H11ClN4O4S. The number of aromatic nitrogens is 1. The van der Waals surface area contributed by atoms with Gasteiger partial charge in [0.2, 0.25) is 15.8 Å². The van der Waals surface area contributed by atoms with E-state index in [-0.39, 0.29) is 35.4 Å². The summed E-state index contributed by atoms with van der Waals surface area (Å²) < 4.78 is 21.4. The number of sulfonamides is 1. The minimum Gasteiger partial charge on any atom is -0.364 e. The molecule has 8 nitrogen and oxygen atoms in total. The van der Waals surface area contributed by atoms with Gasteiger partial charge in [0.15, 0.2) is 0 Å². The molecule has 0 atom stereocenters. The summed E-state index contributed by atoms with van der Waals surface area (Å²) in [7, 11) is -3.53. The molecular weight excluding hydrogens is 284 g/mol. The third-order valence-corrected chi connectivity index (χ3v) is 3.00. The van der Waals surface area contributed by atoms with Gasteiger partial charge in [0.1, 0.15) is 5.15 Å². The van der Waals surface area contributed by atoms with Crippen molar-refractivity contribution in [2.45, 2.75) is 6.42 Å². The molecule has 0 saturated carbocycles. The van der Waals surface area contributed by atoms with Crippen molar-refractivity contribution in [1.82, 2.24) is 4.98 Å². The Bertz CT molecular complexity index is 548. The molecule has 0 unspecified atom stereocenters. The number of primary sulfonamides is 1. The lowest BCUT2D eigenvalue weighted by Gasteiger charge is -2.05. The smallest absolute Gasteiger partial charge is 0.311 e. The molecule has 3 N–H and O–H groups in total. The summed E-state index contributed by atoms with van der Waals surface area (Å²) >= 11 is 5.62. The number of rotatable bonds is 6. The van der Waals surface area contributed by atoms with Crippen LogP contribution in [-0.4, -0.2) is 30.6 Å². The first kappa shape index (κ1) is 14.6.